The minimum absolute atomic E-state index is 0.0449. The third-order valence-electron chi connectivity index (χ3n) is 5.85. The first kappa shape index (κ1) is 23.4. The van der Waals surface area contributed by atoms with Gasteiger partial charge in [-0.1, -0.05) is 32.9 Å². The summed E-state index contributed by atoms with van der Waals surface area (Å²) in [6.45, 7) is 13.1. The van der Waals surface area contributed by atoms with Crippen LogP contribution in [0.25, 0.3) is 0 Å². The first-order valence-corrected chi connectivity index (χ1v) is 10.5. The Kier molecular flexibility index (Phi) is 7.14. The average Bonchev–Trinajstić information content (AvgIpc) is 2.87. The van der Waals surface area contributed by atoms with Crippen molar-refractivity contribution in [3.8, 4) is 0 Å². The predicted molar refractivity (Wildman–Crippen MR) is 110 cm³/mol. The molecule has 6 atom stereocenters. The number of hydrogen-bond donors (Lipinski definition) is 2. The summed E-state index contributed by atoms with van der Waals surface area (Å²) in [6, 6.07) is -1.28. The van der Waals surface area contributed by atoms with E-state index in [-0.39, 0.29) is 36.9 Å². The van der Waals surface area contributed by atoms with Crippen molar-refractivity contribution in [2.45, 2.75) is 66.1 Å². The largest absolute Gasteiger partial charge is 0.466 e. The molecule has 1 fully saturated rings. The molecule has 2 rings (SSSR count). The number of esters is 1. The van der Waals surface area contributed by atoms with E-state index < -0.39 is 41.3 Å². The maximum absolute atomic E-state index is 13.6. The molecule has 1 aliphatic heterocycles. The first-order chi connectivity index (χ1) is 13.4. The summed E-state index contributed by atoms with van der Waals surface area (Å²) < 4.78 is 5.26. The number of carbonyl (C=O) groups is 3. The Balaban J connectivity index is 2.53. The van der Waals surface area contributed by atoms with Gasteiger partial charge in [0.1, 0.15) is 6.04 Å². The van der Waals surface area contributed by atoms with E-state index in [0.29, 0.717) is 0 Å². The van der Waals surface area contributed by atoms with Gasteiger partial charge in [0, 0.05) is 11.5 Å². The fourth-order valence-corrected chi connectivity index (χ4v) is 4.56. The molecule has 1 aliphatic carbocycles. The number of aliphatic hydroxyl groups is 1. The number of nitrogens with zero attached hydrogens (tertiary/aromatic N) is 1. The standard InChI is InChI=1S/C22H36N2O5/c1-8-29-21(28)16-13(4)9-10-14-17(16)20(27)24(15(11-25)12(2)3)18(14)19(26)23-22(5,6)7/h9-10,12-18,25H,8,11H2,1-7H3,(H,23,26)/t13-,14+,15+,16-,17-,18+/m1/s1. The lowest BCUT2D eigenvalue weighted by molar-refractivity contribution is -0.156. The third kappa shape index (κ3) is 4.65. The maximum atomic E-state index is 13.6. The lowest BCUT2D eigenvalue weighted by Crippen LogP contribution is -2.56. The second-order valence-electron chi connectivity index (χ2n) is 9.55. The Bertz CT molecular complexity index is 667. The van der Waals surface area contributed by atoms with Crippen molar-refractivity contribution in [1.82, 2.24) is 10.2 Å². The van der Waals surface area contributed by atoms with E-state index in [1.54, 1.807) is 6.92 Å². The van der Waals surface area contributed by atoms with Gasteiger partial charge in [-0.15, -0.1) is 0 Å². The fourth-order valence-electron chi connectivity index (χ4n) is 4.56. The SMILES string of the molecule is CCOC(=O)[C@H]1[C@@H]2C(=O)N([C@@H](CO)C(C)C)[C@H](C(=O)NC(C)(C)C)[C@H]2C=C[C@H]1C. The molecule has 2 aliphatic rings. The van der Waals surface area contributed by atoms with Crippen molar-refractivity contribution < 1.29 is 24.2 Å². The van der Waals surface area contributed by atoms with Crippen LogP contribution in [0.2, 0.25) is 0 Å². The van der Waals surface area contributed by atoms with Gasteiger partial charge in [0.15, 0.2) is 0 Å². The van der Waals surface area contributed by atoms with E-state index in [4.69, 9.17) is 4.74 Å². The second kappa shape index (κ2) is 8.86. The molecule has 0 aromatic rings. The van der Waals surface area contributed by atoms with E-state index in [0.717, 1.165) is 0 Å². The highest BCUT2D eigenvalue weighted by Gasteiger charge is 2.58. The lowest BCUT2D eigenvalue weighted by atomic mass is 9.70. The Morgan fingerprint density at radius 1 is 1.28 bits per heavy atom. The topological polar surface area (TPSA) is 95.9 Å². The number of likely N-dealkylation sites (tertiary alicyclic amines) is 1. The Morgan fingerprint density at radius 3 is 2.38 bits per heavy atom. The second-order valence-corrected chi connectivity index (χ2v) is 9.55. The number of hydrogen-bond acceptors (Lipinski definition) is 5. The molecule has 2 amide bonds. The molecule has 0 radical (unpaired) electrons. The zero-order valence-corrected chi connectivity index (χ0v) is 18.6. The summed E-state index contributed by atoms with van der Waals surface area (Å²) in [5, 5.41) is 13.0. The van der Waals surface area contributed by atoms with Crippen molar-refractivity contribution >= 4 is 17.8 Å². The van der Waals surface area contributed by atoms with Crippen LogP contribution in [0, 0.1) is 29.6 Å². The van der Waals surface area contributed by atoms with Crippen LogP contribution in [-0.2, 0) is 19.1 Å². The lowest BCUT2D eigenvalue weighted by Gasteiger charge is -2.36. The van der Waals surface area contributed by atoms with E-state index in [9.17, 15) is 19.5 Å². The van der Waals surface area contributed by atoms with Crippen molar-refractivity contribution in [2.24, 2.45) is 29.6 Å². The van der Waals surface area contributed by atoms with E-state index in [1.807, 2.05) is 53.7 Å². The van der Waals surface area contributed by atoms with Crippen molar-refractivity contribution in [3.05, 3.63) is 12.2 Å². The zero-order valence-electron chi connectivity index (χ0n) is 18.6. The Morgan fingerprint density at radius 2 is 1.90 bits per heavy atom. The number of nitrogens with one attached hydrogen (secondary N) is 1. The zero-order chi connectivity index (χ0) is 22.1. The smallest absolute Gasteiger partial charge is 0.310 e. The number of ether oxygens (including phenoxy) is 1. The minimum Gasteiger partial charge on any atom is -0.466 e. The minimum atomic E-state index is -0.771. The van der Waals surface area contributed by atoms with Crippen LogP contribution in [0.5, 0.6) is 0 Å². The summed E-state index contributed by atoms with van der Waals surface area (Å²) in [6.07, 6.45) is 3.80. The molecule has 0 spiro atoms. The van der Waals surface area contributed by atoms with Crippen molar-refractivity contribution in [3.63, 3.8) is 0 Å². The van der Waals surface area contributed by atoms with Crippen LogP contribution in [0.4, 0.5) is 0 Å². The van der Waals surface area contributed by atoms with Crippen LogP contribution in [-0.4, -0.2) is 58.6 Å². The summed E-state index contributed by atoms with van der Waals surface area (Å²) in [4.78, 5) is 41.1. The number of carbonyl (C=O) groups excluding carboxylic acids is 3. The molecule has 1 saturated heterocycles. The number of allylic oxidation sites excluding steroid dienone is 1. The van der Waals surface area contributed by atoms with Crippen LogP contribution in [0.3, 0.4) is 0 Å². The van der Waals surface area contributed by atoms with Crippen LogP contribution in [0.1, 0.15) is 48.5 Å². The van der Waals surface area contributed by atoms with Gasteiger partial charge in [-0.2, -0.15) is 0 Å². The van der Waals surface area contributed by atoms with Crippen LogP contribution >= 0.6 is 0 Å². The van der Waals surface area contributed by atoms with Gasteiger partial charge in [0.05, 0.1) is 31.1 Å². The molecule has 29 heavy (non-hydrogen) atoms. The highest BCUT2D eigenvalue weighted by Crippen LogP contribution is 2.45. The highest BCUT2D eigenvalue weighted by atomic mass is 16.5. The molecule has 0 unspecified atom stereocenters. The quantitative estimate of drug-likeness (QED) is 0.516. The van der Waals surface area contributed by atoms with Gasteiger partial charge in [-0.3, -0.25) is 14.4 Å². The van der Waals surface area contributed by atoms with E-state index in [1.165, 1.54) is 4.90 Å². The normalized spacial score (nSPS) is 30.3. The molecular weight excluding hydrogens is 372 g/mol. The van der Waals surface area contributed by atoms with Crippen molar-refractivity contribution in [2.75, 3.05) is 13.2 Å². The number of amides is 2. The molecule has 164 valence electrons. The predicted octanol–water partition coefficient (Wildman–Crippen LogP) is 1.75. The van der Waals surface area contributed by atoms with Gasteiger partial charge in [-0.25, -0.2) is 0 Å². The van der Waals surface area contributed by atoms with E-state index in [2.05, 4.69) is 5.32 Å². The molecule has 0 saturated carbocycles. The number of aliphatic hydroxyl groups excluding tert-OH is 1. The Labute approximate surface area is 173 Å². The molecule has 7 heteroatoms. The summed E-state index contributed by atoms with van der Waals surface area (Å²) in [5.41, 5.74) is -0.470. The highest BCUT2D eigenvalue weighted by molar-refractivity contribution is 5.96. The van der Waals surface area contributed by atoms with Gasteiger partial charge in [-0.05, 0) is 39.5 Å². The summed E-state index contributed by atoms with van der Waals surface area (Å²) >= 11 is 0. The summed E-state index contributed by atoms with van der Waals surface area (Å²) in [7, 11) is 0. The molecule has 0 aromatic carbocycles. The molecule has 2 N–H and O–H groups in total. The molecular formula is C22H36N2O5. The third-order valence-corrected chi connectivity index (χ3v) is 5.85. The van der Waals surface area contributed by atoms with Gasteiger partial charge in [0.2, 0.25) is 11.8 Å². The number of fused-ring (bicyclic) bond motifs is 1. The molecule has 0 aromatic heterocycles. The van der Waals surface area contributed by atoms with Crippen LogP contribution < -0.4 is 5.32 Å². The van der Waals surface area contributed by atoms with Crippen LogP contribution in [0.15, 0.2) is 12.2 Å². The number of rotatable bonds is 6. The monoisotopic (exact) mass is 408 g/mol. The Hall–Kier alpha value is -1.89. The first-order valence-electron chi connectivity index (χ1n) is 10.5. The average molecular weight is 409 g/mol. The van der Waals surface area contributed by atoms with Crippen molar-refractivity contribution in [1.29, 1.82) is 0 Å². The molecule has 7 nitrogen and oxygen atoms in total. The maximum Gasteiger partial charge on any atom is 0.310 e. The van der Waals surface area contributed by atoms with Gasteiger partial charge < -0.3 is 20.1 Å². The van der Waals surface area contributed by atoms with E-state index >= 15 is 0 Å². The van der Waals surface area contributed by atoms with Gasteiger partial charge in [0.25, 0.3) is 0 Å². The fraction of sp³-hybridized carbons (Fsp3) is 0.773. The summed E-state index contributed by atoms with van der Waals surface area (Å²) in [5.74, 6) is -2.90. The molecule has 0 bridgehead atoms. The molecule has 1 heterocycles. The van der Waals surface area contributed by atoms with Gasteiger partial charge >= 0.3 is 5.97 Å².